The maximum atomic E-state index is 11.6. The number of furan rings is 1. The molecule has 3 heteroatoms. The smallest absolute Gasteiger partial charge is 0.136 e. The van der Waals surface area contributed by atoms with Crippen LogP contribution in [-0.4, -0.2) is 28.8 Å². The predicted octanol–water partition coefficient (Wildman–Crippen LogP) is 2.41. The molecule has 2 fully saturated rings. The van der Waals surface area contributed by atoms with Crippen LogP contribution in [-0.2, 0) is 11.2 Å². The molecule has 1 aromatic heterocycles. The Morgan fingerprint density at radius 2 is 2.12 bits per heavy atom. The number of rotatable bonds is 3. The Bertz CT molecular complexity index is 382. The second-order valence-electron chi connectivity index (χ2n) is 5.41. The quantitative estimate of drug-likeness (QED) is 0.804. The Hall–Kier alpha value is -1.09. The first-order chi connectivity index (χ1) is 8.24. The van der Waals surface area contributed by atoms with Crippen LogP contribution in [0, 0.1) is 0 Å². The van der Waals surface area contributed by atoms with Crippen molar-refractivity contribution in [1.29, 1.82) is 0 Å². The minimum absolute atomic E-state index is 0.457. The predicted molar refractivity (Wildman–Crippen MR) is 64.8 cm³/mol. The first kappa shape index (κ1) is 11.0. The van der Waals surface area contributed by atoms with E-state index < -0.39 is 0 Å². The van der Waals surface area contributed by atoms with E-state index in [1.807, 2.05) is 12.1 Å². The van der Waals surface area contributed by atoms with Crippen molar-refractivity contribution in [1.82, 2.24) is 4.90 Å². The normalized spacial score (nSPS) is 30.8. The number of fused-ring (bicyclic) bond motifs is 2. The van der Waals surface area contributed by atoms with Gasteiger partial charge in [0.1, 0.15) is 11.5 Å². The second-order valence-corrected chi connectivity index (χ2v) is 5.41. The molecule has 92 valence electrons. The summed E-state index contributed by atoms with van der Waals surface area (Å²) < 4.78 is 5.41. The van der Waals surface area contributed by atoms with Gasteiger partial charge in [-0.2, -0.15) is 0 Å². The Balaban J connectivity index is 1.70. The van der Waals surface area contributed by atoms with E-state index in [1.54, 1.807) is 6.26 Å². The van der Waals surface area contributed by atoms with E-state index in [0.717, 1.165) is 25.0 Å². The van der Waals surface area contributed by atoms with Gasteiger partial charge in [-0.05, 0) is 31.9 Å². The number of ketones is 1. The number of carbonyl (C=O) groups is 1. The van der Waals surface area contributed by atoms with Crippen LogP contribution in [0.15, 0.2) is 22.8 Å². The molecule has 3 unspecified atom stereocenters. The highest BCUT2D eigenvalue weighted by molar-refractivity contribution is 5.81. The summed E-state index contributed by atoms with van der Waals surface area (Å²) in [6.07, 6.45) is 6.60. The molecular formula is C14H19NO2. The molecule has 3 atom stereocenters. The van der Waals surface area contributed by atoms with Crippen LogP contribution < -0.4 is 0 Å². The molecule has 2 bridgehead atoms. The molecule has 0 spiro atoms. The van der Waals surface area contributed by atoms with Gasteiger partial charge >= 0.3 is 0 Å². The topological polar surface area (TPSA) is 33.5 Å². The van der Waals surface area contributed by atoms with E-state index in [-0.39, 0.29) is 0 Å². The third kappa shape index (κ3) is 2.04. The summed E-state index contributed by atoms with van der Waals surface area (Å²) in [5, 5.41) is 0. The highest BCUT2D eigenvalue weighted by atomic mass is 16.3. The molecule has 0 aromatic carbocycles. The second kappa shape index (κ2) is 4.30. The van der Waals surface area contributed by atoms with E-state index in [9.17, 15) is 4.79 Å². The molecule has 2 aliphatic rings. The van der Waals surface area contributed by atoms with Crippen LogP contribution in [0.2, 0.25) is 0 Å². The maximum absolute atomic E-state index is 11.6. The number of piperidine rings is 1. The molecule has 3 nitrogen and oxygen atoms in total. The van der Waals surface area contributed by atoms with Gasteiger partial charge in [-0.25, -0.2) is 0 Å². The summed E-state index contributed by atoms with van der Waals surface area (Å²) in [4.78, 5) is 14.1. The molecule has 2 saturated heterocycles. The van der Waals surface area contributed by atoms with Crippen LogP contribution in [0.25, 0.3) is 0 Å². The van der Waals surface area contributed by atoms with Crippen molar-refractivity contribution in [3.8, 4) is 0 Å². The summed E-state index contributed by atoms with van der Waals surface area (Å²) in [6, 6.07) is 5.44. The Morgan fingerprint density at radius 1 is 1.41 bits per heavy atom. The van der Waals surface area contributed by atoms with Crippen LogP contribution in [0.4, 0.5) is 0 Å². The van der Waals surface area contributed by atoms with Gasteiger partial charge in [0.2, 0.25) is 0 Å². The molecule has 0 amide bonds. The van der Waals surface area contributed by atoms with Gasteiger partial charge < -0.3 is 4.42 Å². The fourth-order valence-corrected chi connectivity index (χ4v) is 3.55. The Labute approximate surface area is 102 Å². The maximum Gasteiger partial charge on any atom is 0.136 e. The summed E-state index contributed by atoms with van der Waals surface area (Å²) in [7, 11) is 0. The zero-order valence-corrected chi connectivity index (χ0v) is 10.3. The average molecular weight is 233 g/mol. The third-order valence-electron chi connectivity index (χ3n) is 4.19. The molecule has 0 aliphatic carbocycles. The van der Waals surface area contributed by atoms with E-state index in [1.165, 1.54) is 12.8 Å². The Morgan fingerprint density at radius 3 is 2.71 bits per heavy atom. The van der Waals surface area contributed by atoms with Crippen molar-refractivity contribution in [3.05, 3.63) is 24.2 Å². The minimum Gasteiger partial charge on any atom is -0.469 e. The lowest BCUT2D eigenvalue weighted by molar-refractivity contribution is -0.124. The summed E-state index contributed by atoms with van der Waals surface area (Å²) >= 11 is 0. The highest BCUT2D eigenvalue weighted by Crippen LogP contribution is 2.36. The van der Waals surface area contributed by atoms with Crippen molar-refractivity contribution < 1.29 is 9.21 Å². The Kier molecular flexibility index (Phi) is 2.79. The standard InChI is InChI=1S/C14H19NO2/c1-10(7-14-3-2-6-17-14)15-11-4-5-12(15)9-13(16)8-11/h2-3,6,10-12H,4-5,7-9H2,1H3. The molecule has 2 aliphatic heterocycles. The summed E-state index contributed by atoms with van der Waals surface area (Å²) in [5.74, 6) is 1.51. The van der Waals surface area contributed by atoms with Crippen molar-refractivity contribution >= 4 is 5.78 Å². The van der Waals surface area contributed by atoms with Crippen molar-refractivity contribution in [2.24, 2.45) is 0 Å². The zero-order chi connectivity index (χ0) is 11.8. The fraction of sp³-hybridized carbons (Fsp3) is 0.643. The number of hydrogen-bond acceptors (Lipinski definition) is 3. The molecule has 1 aromatic rings. The van der Waals surface area contributed by atoms with E-state index in [4.69, 9.17) is 4.42 Å². The van der Waals surface area contributed by atoms with Gasteiger partial charge in [-0.3, -0.25) is 9.69 Å². The molecular weight excluding hydrogens is 214 g/mol. The lowest BCUT2D eigenvalue weighted by Gasteiger charge is -2.38. The van der Waals surface area contributed by atoms with Gasteiger partial charge in [-0.1, -0.05) is 0 Å². The van der Waals surface area contributed by atoms with Crippen molar-refractivity contribution in [2.75, 3.05) is 0 Å². The van der Waals surface area contributed by atoms with Gasteiger partial charge in [-0.15, -0.1) is 0 Å². The SMILES string of the molecule is CC(Cc1ccco1)N1C2CCC1CC(=O)C2. The van der Waals surface area contributed by atoms with Crippen LogP contribution in [0.3, 0.4) is 0 Å². The van der Waals surface area contributed by atoms with Gasteiger partial charge in [0, 0.05) is 37.4 Å². The molecule has 3 rings (SSSR count). The van der Waals surface area contributed by atoms with Crippen molar-refractivity contribution in [3.63, 3.8) is 0 Å². The van der Waals surface area contributed by atoms with Crippen LogP contribution in [0.5, 0.6) is 0 Å². The lowest BCUT2D eigenvalue weighted by Crippen LogP contribution is -2.48. The molecule has 0 radical (unpaired) electrons. The summed E-state index contributed by atoms with van der Waals surface area (Å²) in [6.45, 7) is 2.25. The average Bonchev–Trinajstić information content (AvgIpc) is 2.86. The van der Waals surface area contributed by atoms with E-state index >= 15 is 0 Å². The van der Waals surface area contributed by atoms with Crippen molar-refractivity contribution in [2.45, 2.75) is 57.2 Å². The highest BCUT2D eigenvalue weighted by Gasteiger charge is 2.42. The minimum atomic E-state index is 0.457. The van der Waals surface area contributed by atoms with Gasteiger partial charge in [0.25, 0.3) is 0 Å². The molecule has 0 saturated carbocycles. The number of carbonyl (C=O) groups excluding carboxylic acids is 1. The molecule has 17 heavy (non-hydrogen) atoms. The number of nitrogens with zero attached hydrogens (tertiary/aromatic N) is 1. The fourth-order valence-electron chi connectivity index (χ4n) is 3.55. The number of Topliss-reactive ketones (excluding diaryl/α,β-unsaturated/α-hetero) is 1. The first-order valence-electron chi connectivity index (χ1n) is 6.55. The van der Waals surface area contributed by atoms with Gasteiger partial charge in [0.05, 0.1) is 6.26 Å². The lowest BCUT2D eigenvalue weighted by atomic mass is 9.98. The number of hydrogen-bond donors (Lipinski definition) is 0. The molecule has 0 N–H and O–H groups in total. The largest absolute Gasteiger partial charge is 0.469 e. The van der Waals surface area contributed by atoms with E-state index in [0.29, 0.717) is 23.9 Å². The monoisotopic (exact) mass is 233 g/mol. The third-order valence-corrected chi connectivity index (χ3v) is 4.19. The zero-order valence-electron chi connectivity index (χ0n) is 10.3. The van der Waals surface area contributed by atoms with E-state index in [2.05, 4.69) is 11.8 Å². The summed E-state index contributed by atoms with van der Waals surface area (Å²) in [5.41, 5.74) is 0. The molecule has 3 heterocycles. The first-order valence-corrected chi connectivity index (χ1v) is 6.55. The van der Waals surface area contributed by atoms with Crippen LogP contribution in [0.1, 0.15) is 38.4 Å². The van der Waals surface area contributed by atoms with Gasteiger partial charge in [0.15, 0.2) is 0 Å². The van der Waals surface area contributed by atoms with Crippen LogP contribution >= 0.6 is 0 Å².